The zero-order chi connectivity index (χ0) is 8.91. The van der Waals surface area contributed by atoms with E-state index in [0.29, 0.717) is 5.38 Å². The van der Waals surface area contributed by atoms with Crippen molar-refractivity contribution in [1.29, 1.82) is 0 Å². The Morgan fingerprint density at radius 1 is 1.27 bits per heavy atom. The van der Waals surface area contributed by atoms with Crippen molar-refractivity contribution in [3.63, 3.8) is 0 Å². The van der Waals surface area contributed by atoms with Crippen LogP contribution in [0.4, 0.5) is 0 Å². The summed E-state index contributed by atoms with van der Waals surface area (Å²) in [7, 11) is 6.65. The van der Waals surface area contributed by atoms with Gasteiger partial charge in [-0.2, -0.15) is 0 Å². The summed E-state index contributed by atoms with van der Waals surface area (Å²) in [5, 5.41) is 0.390. The molecule has 2 heteroatoms. The molecule has 1 unspecified atom stereocenters. The van der Waals surface area contributed by atoms with E-state index in [2.05, 4.69) is 28.1 Å². The maximum atomic E-state index is 5.99. The van der Waals surface area contributed by atoms with E-state index in [1.165, 1.54) is 13.0 Å². The lowest BCUT2D eigenvalue weighted by atomic mass is 10.2. The summed E-state index contributed by atoms with van der Waals surface area (Å²) in [4.78, 5) is 0. The van der Waals surface area contributed by atoms with Crippen molar-refractivity contribution < 1.29 is 4.48 Å². The number of nitrogens with zero attached hydrogens (tertiary/aromatic N) is 1. The zero-order valence-corrected chi connectivity index (χ0v) is 8.99. The Bertz CT molecular complexity index is 96.2. The largest absolute Gasteiger partial charge is 0.331 e. The molecule has 0 aromatic rings. The molecule has 0 aliphatic rings. The van der Waals surface area contributed by atoms with E-state index in [4.69, 9.17) is 11.6 Å². The number of hydrogen-bond donors (Lipinski definition) is 0. The van der Waals surface area contributed by atoms with Crippen LogP contribution in [0.5, 0.6) is 0 Å². The van der Waals surface area contributed by atoms with Crippen LogP contribution in [0.25, 0.3) is 0 Å². The summed E-state index contributed by atoms with van der Waals surface area (Å²) < 4.78 is 1.05. The highest BCUT2D eigenvalue weighted by Gasteiger charge is 2.08. The monoisotopic (exact) mass is 178 g/mol. The quantitative estimate of drug-likeness (QED) is 0.448. The Morgan fingerprint density at radius 2 is 1.82 bits per heavy atom. The van der Waals surface area contributed by atoms with Crippen LogP contribution in [0, 0.1) is 0 Å². The van der Waals surface area contributed by atoms with Gasteiger partial charge in [-0.3, -0.25) is 0 Å². The Labute approximate surface area is 75.9 Å². The molecule has 0 heterocycles. The summed E-state index contributed by atoms with van der Waals surface area (Å²) in [5.41, 5.74) is 0. The second kappa shape index (κ2) is 5.00. The fourth-order valence-electron chi connectivity index (χ4n) is 0.991. The second-order valence-electron chi connectivity index (χ2n) is 4.16. The average Bonchev–Trinajstić information content (AvgIpc) is 1.85. The van der Waals surface area contributed by atoms with Gasteiger partial charge in [-0.05, 0) is 19.3 Å². The first-order valence-corrected chi connectivity index (χ1v) is 4.84. The van der Waals surface area contributed by atoms with Crippen LogP contribution in [0.3, 0.4) is 0 Å². The predicted octanol–water partition coefficient (Wildman–Crippen LogP) is 2.49. The van der Waals surface area contributed by atoms with Gasteiger partial charge in [-0.1, -0.05) is 6.92 Å². The third-order valence-electron chi connectivity index (χ3n) is 1.79. The molecular formula is C9H21ClN+. The molecule has 0 saturated carbocycles. The van der Waals surface area contributed by atoms with Gasteiger partial charge in [0.05, 0.1) is 27.7 Å². The maximum Gasteiger partial charge on any atom is 0.0780 e. The first-order valence-electron chi connectivity index (χ1n) is 4.40. The molecule has 1 nitrogen and oxygen atoms in total. The van der Waals surface area contributed by atoms with Crippen LogP contribution in [0.15, 0.2) is 0 Å². The van der Waals surface area contributed by atoms with E-state index in [9.17, 15) is 0 Å². The summed E-state index contributed by atoms with van der Waals surface area (Å²) >= 11 is 5.99. The van der Waals surface area contributed by atoms with Gasteiger partial charge in [-0.15, -0.1) is 11.6 Å². The lowest BCUT2D eigenvalue weighted by Crippen LogP contribution is -2.35. The highest BCUT2D eigenvalue weighted by molar-refractivity contribution is 6.20. The molecule has 0 aliphatic heterocycles. The Kier molecular flexibility index (Phi) is 5.11. The third kappa shape index (κ3) is 8.15. The van der Waals surface area contributed by atoms with Gasteiger partial charge in [0.25, 0.3) is 0 Å². The highest BCUT2D eigenvalue weighted by atomic mass is 35.5. The molecule has 0 aromatic heterocycles. The van der Waals surface area contributed by atoms with E-state index in [1.54, 1.807) is 0 Å². The minimum absolute atomic E-state index is 0.390. The Balaban J connectivity index is 3.28. The first-order chi connectivity index (χ1) is 4.95. The summed E-state index contributed by atoms with van der Waals surface area (Å²) in [6, 6.07) is 0. The van der Waals surface area contributed by atoms with Crippen molar-refractivity contribution in [3.05, 3.63) is 0 Å². The molecule has 0 spiro atoms. The van der Waals surface area contributed by atoms with Crippen LogP contribution in [-0.2, 0) is 0 Å². The van der Waals surface area contributed by atoms with Crippen LogP contribution in [-0.4, -0.2) is 37.5 Å². The van der Waals surface area contributed by atoms with Gasteiger partial charge in [0, 0.05) is 5.38 Å². The van der Waals surface area contributed by atoms with E-state index >= 15 is 0 Å². The molecule has 0 N–H and O–H groups in total. The molecule has 0 aliphatic carbocycles. The van der Waals surface area contributed by atoms with Gasteiger partial charge in [-0.25, -0.2) is 0 Å². The number of quaternary nitrogens is 1. The smallest absolute Gasteiger partial charge is 0.0780 e. The van der Waals surface area contributed by atoms with Crippen molar-refractivity contribution in [1.82, 2.24) is 0 Å². The molecule has 0 aromatic carbocycles. The molecule has 0 saturated heterocycles. The fraction of sp³-hybridized carbons (Fsp3) is 1.00. The van der Waals surface area contributed by atoms with Crippen molar-refractivity contribution in [2.45, 2.75) is 31.6 Å². The molecule has 0 bridgehead atoms. The van der Waals surface area contributed by atoms with E-state index in [-0.39, 0.29) is 0 Å². The molecule has 0 fully saturated rings. The lowest BCUT2D eigenvalue weighted by Gasteiger charge is -2.24. The number of rotatable bonds is 5. The summed E-state index contributed by atoms with van der Waals surface area (Å²) in [6.45, 7) is 3.37. The van der Waals surface area contributed by atoms with Gasteiger partial charge >= 0.3 is 0 Å². The number of hydrogen-bond acceptors (Lipinski definition) is 0. The third-order valence-corrected chi connectivity index (χ3v) is 2.32. The minimum Gasteiger partial charge on any atom is -0.331 e. The molecule has 68 valence electrons. The Hall–Kier alpha value is 0.250. The van der Waals surface area contributed by atoms with Crippen molar-refractivity contribution in [2.75, 3.05) is 27.7 Å². The van der Waals surface area contributed by atoms with Crippen LogP contribution in [0.1, 0.15) is 26.2 Å². The van der Waals surface area contributed by atoms with Crippen LogP contribution in [0.2, 0.25) is 0 Å². The molecule has 0 amide bonds. The summed E-state index contributed by atoms with van der Waals surface area (Å²) in [5.74, 6) is 0. The fourth-order valence-corrected chi connectivity index (χ4v) is 1.15. The highest BCUT2D eigenvalue weighted by Crippen LogP contribution is 2.10. The zero-order valence-electron chi connectivity index (χ0n) is 8.23. The minimum atomic E-state index is 0.390. The van der Waals surface area contributed by atoms with Crippen LogP contribution < -0.4 is 0 Å². The maximum absolute atomic E-state index is 5.99. The van der Waals surface area contributed by atoms with Gasteiger partial charge in [0.2, 0.25) is 0 Å². The van der Waals surface area contributed by atoms with Crippen molar-refractivity contribution in [2.24, 2.45) is 0 Å². The van der Waals surface area contributed by atoms with Gasteiger partial charge in [0.1, 0.15) is 0 Å². The number of halogens is 1. The first kappa shape index (κ1) is 11.2. The van der Waals surface area contributed by atoms with Crippen molar-refractivity contribution in [3.8, 4) is 0 Å². The molecule has 0 rings (SSSR count). The molecular weight excluding hydrogens is 158 g/mol. The van der Waals surface area contributed by atoms with Crippen LogP contribution >= 0.6 is 11.6 Å². The van der Waals surface area contributed by atoms with E-state index in [0.717, 1.165) is 17.3 Å². The normalized spacial score (nSPS) is 15.0. The molecule has 1 atom stereocenters. The number of alkyl halides is 1. The predicted molar refractivity (Wildman–Crippen MR) is 52.1 cm³/mol. The van der Waals surface area contributed by atoms with E-state index in [1.807, 2.05) is 0 Å². The topological polar surface area (TPSA) is 0 Å². The standard InChI is InChI=1S/C9H21ClN/c1-5-9(10)7-6-8-11(2,3)4/h9H,5-8H2,1-4H3/q+1. The Morgan fingerprint density at radius 3 is 2.18 bits per heavy atom. The van der Waals surface area contributed by atoms with E-state index < -0.39 is 0 Å². The van der Waals surface area contributed by atoms with Gasteiger partial charge in [0.15, 0.2) is 0 Å². The second-order valence-corrected chi connectivity index (χ2v) is 4.78. The lowest BCUT2D eigenvalue weighted by molar-refractivity contribution is -0.870. The molecule has 11 heavy (non-hydrogen) atoms. The SMILES string of the molecule is CCC(Cl)CCC[N+](C)(C)C. The van der Waals surface area contributed by atoms with Crippen molar-refractivity contribution >= 4 is 11.6 Å². The molecule has 0 radical (unpaired) electrons. The summed E-state index contributed by atoms with van der Waals surface area (Å²) in [6.07, 6.45) is 3.50. The average molecular weight is 179 g/mol. The van der Waals surface area contributed by atoms with Gasteiger partial charge < -0.3 is 4.48 Å².